The minimum Gasteiger partial charge on any atom is -0.375 e. The smallest absolute Gasteiger partial charge is 0.248 e. The van der Waals surface area contributed by atoms with Gasteiger partial charge in [-0.3, -0.25) is 4.79 Å². The van der Waals surface area contributed by atoms with Crippen molar-refractivity contribution in [2.24, 2.45) is 0 Å². The number of rotatable bonds is 4. The molecule has 22 heavy (non-hydrogen) atoms. The summed E-state index contributed by atoms with van der Waals surface area (Å²) in [6.45, 7) is 3.76. The summed E-state index contributed by atoms with van der Waals surface area (Å²) in [5.41, 5.74) is 1.08. The van der Waals surface area contributed by atoms with Crippen molar-refractivity contribution in [3.63, 3.8) is 0 Å². The summed E-state index contributed by atoms with van der Waals surface area (Å²) in [5.74, 6) is 0.0336. The zero-order valence-electron chi connectivity index (χ0n) is 12.5. The Morgan fingerprint density at radius 3 is 2.91 bits per heavy atom. The summed E-state index contributed by atoms with van der Waals surface area (Å²) in [5, 5.41) is 11.3. The van der Waals surface area contributed by atoms with E-state index in [1.54, 1.807) is 0 Å². The third-order valence-electron chi connectivity index (χ3n) is 3.79. The summed E-state index contributed by atoms with van der Waals surface area (Å²) in [6.07, 6.45) is 2.12. The van der Waals surface area contributed by atoms with Crippen molar-refractivity contribution < 1.29 is 9.53 Å². The van der Waals surface area contributed by atoms with Crippen molar-refractivity contribution in [3.8, 4) is 0 Å². The van der Waals surface area contributed by atoms with Crippen LogP contribution in [-0.2, 0) is 16.0 Å². The van der Waals surface area contributed by atoms with Crippen LogP contribution >= 0.6 is 0 Å². The second-order valence-electron chi connectivity index (χ2n) is 5.46. The molecule has 1 aromatic carbocycles. The molecule has 2 atom stereocenters. The summed E-state index contributed by atoms with van der Waals surface area (Å²) in [7, 11) is 0. The molecule has 0 aliphatic carbocycles. The van der Waals surface area contributed by atoms with Crippen LogP contribution in [0.2, 0.25) is 0 Å². The van der Waals surface area contributed by atoms with Crippen molar-refractivity contribution in [1.82, 2.24) is 25.1 Å². The van der Waals surface area contributed by atoms with Crippen molar-refractivity contribution in [1.29, 1.82) is 0 Å². The fourth-order valence-corrected chi connectivity index (χ4v) is 2.67. The number of hydrogen-bond acceptors (Lipinski definition) is 5. The van der Waals surface area contributed by atoms with Gasteiger partial charge in [0.25, 0.3) is 0 Å². The summed E-state index contributed by atoms with van der Waals surface area (Å²) >= 11 is 0. The van der Waals surface area contributed by atoms with E-state index in [4.69, 9.17) is 4.74 Å². The van der Waals surface area contributed by atoms with Gasteiger partial charge in [-0.15, -0.1) is 5.10 Å². The maximum absolute atomic E-state index is 12.9. The third-order valence-corrected chi connectivity index (χ3v) is 3.79. The molecule has 116 valence electrons. The molecule has 1 aliphatic heterocycles. The Morgan fingerprint density at radius 2 is 2.23 bits per heavy atom. The SMILES string of the molecule is C[C@@H]1CN(C(=O)[C@@H](Cc2ccccc2)n2cnnn2)CCO1. The molecule has 1 amide bonds. The Hall–Kier alpha value is -2.28. The Kier molecular flexibility index (Phi) is 4.43. The maximum Gasteiger partial charge on any atom is 0.248 e. The molecule has 0 saturated carbocycles. The van der Waals surface area contributed by atoms with E-state index in [1.807, 2.05) is 42.2 Å². The topological polar surface area (TPSA) is 73.1 Å². The van der Waals surface area contributed by atoms with Gasteiger partial charge in [0.1, 0.15) is 12.4 Å². The summed E-state index contributed by atoms with van der Waals surface area (Å²) < 4.78 is 7.04. The Balaban J connectivity index is 1.80. The van der Waals surface area contributed by atoms with Crippen molar-refractivity contribution >= 4 is 5.91 Å². The fourth-order valence-electron chi connectivity index (χ4n) is 2.67. The van der Waals surface area contributed by atoms with E-state index in [-0.39, 0.29) is 12.0 Å². The van der Waals surface area contributed by atoms with Crippen molar-refractivity contribution in [3.05, 3.63) is 42.2 Å². The van der Waals surface area contributed by atoms with Crippen LogP contribution < -0.4 is 0 Å². The first-order valence-electron chi connectivity index (χ1n) is 7.41. The lowest BCUT2D eigenvalue weighted by Crippen LogP contribution is -2.47. The van der Waals surface area contributed by atoms with Gasteiger partial charge in [-0.05, 0) is 22.9 Å². The van der Waals surface area contributed by atoms with Crippen LogP contribution in [0.15, 0.2) is 36.7 Å². The Morgan fingerprint density at radius 1 is 1.41 bits per heavy atom. The standard InChI is InChI=1S/C15H19N5O2/c1-12-10-19(7-8-22-12)15(21)14(20-11-16-17-18-20)9-13-5-3-2-4-6-13/h2-6,11-12,14H,7-10H2,1H3/t12-,14-/m1/s1. The van der Waals surface area contributed by atoms with Gasteiger partial charge in [-0.25, -0.2) is 4.68 Å². The number of carbonyl (C=O) groups excluding carboxylic acids is 1. The molecule has 2 aromatic rings. The molecule has 2 heterocycles. The first-order valence-corrected chi connectivity index (χ1v) is 7.41. The van der Waals surface area contributed by atoms with Gasteiger partial charge in [0.2, 0.25) is 5.91 Å². The molecule has 1 aromatic heterocycles. The molecule has 0 radical (unpaired) electrons. The molecule has 3 rings (SSSR count). The lowest BCUT2D eigenvalue weighted by atomic mass is 10.0. The van der Waals surface area contributed by atoms with E-state index in [9.17, 15) is 4.79 Å². The van der Waals surface area contributed by atoms with E-state index in [0.717, 1.165) is 5.56 Å². The number of nitrogens with zero attached hydrogens (tertiary/aromatic N) is 5. The summed E-state index contributed by atoms with van der Waals surface area (Å²) in [6, 6.07) is 9.48. The van der Waals surface area contributed by atoms with E-state index >= 15 is 0 Å². The Bertz CT molecular complexity index is 602. The highest BCUT2D eigenvalue weighted by atomic mass is 16.5. The van der Waals surface area contributed by atoms with E-state index < -0.39 is 6.04 Å². The molecule has 0 N–H and O–H groups in total. The third kappa shape index (κ3) is 3.30. The van der Waals surface area contributed by atoms with Crippen LogP contribution in [0.1, 0.15) is 18.5 Å². The van der Waals surface area contributed by atoms with Gasteiger partial charge in [0.05, 0.1) is 12.7 Å². The number of hydrogen-bond donors (Lipinski definition) is 0. The number of morpholine rings is 1. The van der Waals surface area contributed by atoms with E-state index in [0.29, 0.717) is 26.1 Å². The first kappa shape index (κ1) is 14.6. The molecule has 1 aliphatic rings. The molecule has 1 fully saturated rings. The lowest BCUT2D eigenvalue weighted by Gasteiger charge is -2.33. The molecule has 0 bridgehead atoms. The highest BCUT2D eigenvalue weighted by Gasteiger charge is 2.30. The van der Waals surface area contributed by atoms with Gasteiger partial charge in [-0.1, -0.05) is 30.3 Å². The number of tetrazole rings is 1. The zero-order valence-corrected chi connectivity index (χ0v) is 12.5. The number of benzene rings is 1. The van der Waals surface area contributed by atoms with E-state index in [1.165, 1.54) is 11.0 Å². The average molecular weight is 301 g/mol. The normalized spacial score (nSPS) is 19.9. The van der Waals surface area contributed by atoms with Crippen LogP contribution in [0.3, 0.4) is 0 Å². The van der Waals surface area contributed by atoms with Crippen LogP contribution in [0.4, 0.5) is 0 Å². The summed E-state index contributed by atoms with van der Waals surface area (Å²) in [4.78, 5) is 14.7. The van der Waals surface area contributed by atoms with Crippen LogP contribution in [-0.4, -0.2) is 56.8 Å². The molecular weight excluding hydrogens is 282 g/mol. The quantitative estimate of drug-likeness (QED) is 0.831. The molecule has 7 heteroatoms. The number of carbonyl (C=O) groups is 1. The highest BCUT2D eigenvalue weighted by molar-refractivity contribution is 5.80. The van der Waals surface area contributed by atoms with Gasteiger partial charge < -0.3 is 9.64 Å². The predicted molar refractivity (Wildman–Crippen MR) is 79.0 cm³/mol. The second kappa shape index (κ2) is 6.65. The molecule has 0 spiro atoms. The van der Waals surface area contributed by atoms with Crippen LogP contribution in [0, 0.1) is 0 Å². The van der Waals surface area contributed by atoms with Crippen molar-refractivity contribution in [2.75, 3.05) is 19.7 Å². The largest absolute Gasteiger partial charge is 0.375 e. The lowest BCUT2D eigenvalue weighted by molar-refractivity contribution is -0.142. The van der Waals surface area contributed by atoms with Crippen LogP contribution in [0.25, 0.3) is 0 Å². The number of aromatic nitrogens is 4. The number of amides is 1. The minimum atomic E-state index is -0.428. The maximum atomic E-state index is 12.9. The fraction of sp³-hybridized carbons (Fsp3) is 0.467. The highest BCUT2D eigenvalue weighted by Crippen LogP contribution is 2.18. The second-order valence-corrected chi connectivity index (χ2v) is 5.46. The van der Waals surface area contributed by atoms with Gasteiger partial charge in [0.15, 0.2) is 0 Å². The molecular formula is C15H19N5O2. The van der Waals surface area contributed by atoms with Gasteiger partial charge in [-0.2, -0.15) is 0 Å². The first-order chi connectivity index (χ1) is 10.7. The van der Waals surface area contributed by atoms with Gasteiger partial charge in [0, 0.05) is 19.5 Å². The minimum absolute atomic E-state index is 0.0336. The van der Waals surface area contributed by atoms with Crippen LogP contribution in [0.5, 0.6) is 0 Å². The van der Waals surface area contributed by atoms with Gasteiger partial charge >= 0.3 is 0 Å². The predicted octanol–water partition coefficient (Wildman–Crippen LogP) is 0.704. The zero-order chi connectivity index (χ0) is 15.4. The Labute approximate surface area is 128 Å². The molecule has 7 nitrogen and oxygen atoms in total. The molecule has 1 saturated heterocycles. The van der Waals surface area contributed by atoms with E-state index in [2.05, 4.69) is 15.5 Å². The molecule has 0 unspecified atom stereocenters. The average Bonchev–Trinajstić information content (AvgIpc) is 3.07. The van der Waals surface area contributed by atoms with Crippen molar-refractivity contribution in [2.45, 2.75) is 25.5 Å². The number of ether oxygens (including phenoxy) is 1. The monoisotopic (exact) mass is 301 g/mol.